The molecule has 0 amide bonds. The number of hydrogen-bond donors (Lipinski definition) is 1. The smallest absolute Gasteiger partial charge is 0.154 e. The Kier molecular flexibility index (Phi) is 2.35. The van der Waals surface area contributed by atoms with Crippen molar-refractivity contribution < 1.29 is 9.84 Å². The van der Waals surface area contributed by atoms with Crippen molar-refractivity contribution in [1.82, 2.24) is 0 Å². The first-order valence-electron chi connectivity index (χ1n) is 4.20. The monoisotopic (exact) mass is 184 g/mol. The normalized spacial score (nSPS) is 33.9. The van der Waals surface area contributed by atoms with Crippen LogP contribution >= 0.6 is 0 Å². The van der Waals surface area contributed by atoms with Gasteiger partial charge in [-0.1, -0.05) is 25.6 Å². The number of aliphatic hydroxyl groups is 1. The van der Waals surface area contributed by atoms with Gasteiger partial charge in [0.05, 0.1) is 6.61 Å². The Hall–Kier alpha value is -0.303. The fourth-order valence-electron chi connectivity index (χ4n) is 0.895. The van der Waals surface area contributed by atoms with E-state index in [1.165, 1.54) is 0 Å². The van der Waals surface area contributed by atoms with E-state index in [1.807, 2.05) is 6.92 Å². The summed E-state index contributed by atoms with van der Waals surface area (Å²) in [4.78, 5) is 0. The van der Waals surface area contributed by atoms with E-state index in [4.69, 9.17) is 9.84 Å². The summed E-state index contributed by atoms with van der Waals surface area (Å²) < 4.78 is 5.25. The van der Waals surface area contributed by atoms with Gasteiger partial charge in [0.1, 0.15) is 14.2 Å². The van der Waals surface area contributed by atoms with Crippen molar-refractivity contribution >= 4 is 8.07 Å². The zero-order chi connectivity index (χ0) is 9.41. The SMILES string of the molecule is CC1(C#C[Si](C)(C)C)OC1CO. The van der Waals surface area contributed by atoms with E-state index in [2.05, 4.69) is 31.1 Å². The van der Waals surface area contributed by atoms with Crippen molar-refractivity contribution in [3.63, 3.8) is 0 Å². The third-order valence-electron chi connectivity index (χ3n) is 1.80. The molecule has 12 heavy (non-hydrogen) atoms. The van der Waals surface area contributed by atoms with E-state index in [-0.39, 0.29) is 18.3 Å². The molecule has 0 bridgehead atoms. The Morgan fingerprint density at radius 2 is 2.08 bits per heavy atom. The van der Waals surface area contributed by atoms with Crippen molar-refractivity contribution in [2.45, 2.75) is 38.3 Å². The number of ether oxygens (including phenoxy) is 1. The molecular weight excluding hydrogens is 168 g/mol. The third kappa shape index (κ3) is 2.34. The molecule has 1 fully saturated rings. The molecule has 2 nitrogen and oxygen atoms in total. The maximum atomic E-state index is 8.79. The van der Waals surface area contributed by atoms with Crippen LogP contribution in [0.5, 0.6) is 0 Å². The highest BCUT2D eigenvalue weighted by Gasteiger charge is 2.50. The number of epoxide rings is 1. The van der Waals surface area contributed by atoms with E-state index in [0.29, 0.717) is 0 Å². The van der Waals surface area contributed by atoms with Gasteiger partial charge in [-0.3, -0.25) is 0 Å². The maximum Gasteiger partial charge on any atom is 0.154 e. The molecule has 2 unspecified atom stereocenters. The first-order chi connectivity index (χ1) is 5.37. The fraction of sp³-hybridized carbons (Fsp3) is 0.778. The van der Waals surface area contributed by atoms with Gasteiger partial charge in [-0.15, -0.1) is 5.54 Å². The van der Waals surface area contributed by atoms with Gasteiger partial charge in [-0.2, -0.15) is 0 Å². The minimum Gasteiger partial charge on any atom is -0.394 e. The second-order valence-corrected chi connectivity index (χ2v) is 9.15. The van der Waals surface area contributed by atoms with Crippen LogP contribution in [0.15, 0.2) is 0 Å². The molecule has 0 aromatic carbocycles. The molecule has 3 heteroatoms. The zero-order valence-electron chi connectivity index (χ0n) is 8.14. The van der Waals surface area contributed by atoms with Crippen LogP contribution in [0.1, 0.15) is 6.92 Å². The third-order valence-corrected chi connectivity index (χ3v) is 2.67. The summed E-state index contributed by atoms with van der Waals surface area (Å²) in [5, 5.41) is 8.79. The van der Waals surface area contributed by atoms with Crippen molar-refractivity contribution in [2.75, 3.05) is 6.61 Å². The Bertz CT molecular complexity index is 233. The molecule has 0 spiro atoms. The fourth-order valence-corrected chi connectivity index (χ4v) is 1.52. The number of hydrogen-bond acceptors (Lipinski definition) is 2. The summed E-state index contributed by atoms with van der Waals surface area (Å²) >= 11 is 0. The average molecular weight is 184 g/mol. The van der Waals surface area contributed by atoms with Crippen LogP contribution in [0.4, 0.5) is 0 Å². The van der Waals surface area contributed by atoms with Gasteiger partial charge in [0.15, 0.2) is 5.60 Å². The lowest BCUT2D eigenvalue weighted by molar-refractivity contribution is 0.240. The van der Waals surface area contributed by atoms with Gasteiger partial charge < -0.3 is 9.84 Å². The summed E-state index contributed by atoms with van der Waals surface area (Å²) in [5.74, 6) is 3.10. The largest absolute Gasteiger partial charge is 0.394 e. The van der Waals surface area contributed by atoms with Gasteiger partial charge in [0, 0.05) is 0 Å². The van der Waals surface area contributed by atoms with E-state index in [1.54, 1.807) is 0 Å². The van der Waals surface area contributed by atoms with E-state index in [0.717, 1.165) is 0 Å². The van der Waals surface area contributed by atoms with Crippen molar-refractivity contribution in [3.8, 4) is 11.5 Å². The molecule has 1 aliphatic heterocycles. The Labute approximate surface area is 74.9 Å². The predicted molar refractivity (Wildman–Crippen MR) is 51.5 cm³/mol. The highest BCUT2D eigenvalue weighted by Crippen LogP contribution is 2.34. The van der Waals surface area contributed by atoms with Crippen molar-refractivity contribution in [3.05, 3.63) is 0 Å². The topological polar surface area (TPSA) is 32.8 Å². The summed E-state index contributed by atoms with van der Waals surface area (Å²) in [6.07, 6.45) is -0.0543. The van der Waals surface area contributed by atoms with Crippen LogP contribution in [-0.2, 0) is 4.74 Å². The predicted octanol–water partition coefficient (Wildman–Crippen LogP) is 1.02. The second kappa shape index (κ2) is 2.88. The van der Waals surface area contributed by atoms with Crippen LogP contribution in [0, 0.1) is 11.5 Å². The van der Waals surface area contributed by atoms with Crippen molar-refractivity contribution in [1.29, 1.82) is 0 Å². The van der Waals surface area contributed by atoms with E-state index in [9.17, 15) is 0 Å². The molecule has 0 radical (unpaired) electrons. The molecule has 1 aliphatic rings. The lowest BCUT2D eigenvalue weighted by Crippen LogP contribution is -2.19. The molecule has 0 aromatic rings. The van der Waals surface area contributed by atoms with Crippen LogP contribution in [0.25, 0.3) is 0 Å². The standard InChI is InChI=1S/C9H16O2Si/c1-9(8(7-10)11-9)5-6-12(2,3)4/h8,10H,7H2,1-4H3. The summed E-state index contributed by atoms with van der Waals surface area (Å²) in [7, 11) is -1.29. The Morgan fingerprint density at radius 1 is 1.50 bits per heavy atom. The molecule has 0 saturated carbocycles. The van der Waals surface area contributed by atoms with Gasteiger partial charge in [-0.05, 0) is 6.92 Å². The van der Waals surface area contributed by atoms with Crippen LogP contribution in [0.3, 0.4) is 0 Å². The summed E-state index contributed by atoms with van der Waals surface area (Å²) in [6.45, 7) is 8.59. The minimum atomic E-state index is -1.29. The second-order valence-electron chi connectivity index (χ2n) is 4.40. The highest BCUT2D eigenvalue weighted by molar-refractivity contribution is 6.83. The lowest BCUT2D eigenvalue weighted by atomic mass is 10.1. The van der Waals surface area contributed by atoms with Gasteiger partial charge in [-0.25, -0.2) is 0 Å². The summed E-state index contributed by atoms with van der Waals surface area (Å²) in [6, 6.07) is 0. The van der Waals surface area contributed by atoms with E-state index < -0.39 is 8.07 Å². The lowest BCUT2D eigenvalue weighted by Gasteiger charge is -2.04. The van der Waals surface area contributed by atoms with Crippen LogP contribution in [-0.4, -0.2) is 31.5 Å². The molecule has 0 aliphatic carbocycles. The molecule has 1 heterocycles. The van der Waals surface area contributed by atoms with Crippen molar-refractivity contribution in [2.24, 2.45) is 0 Å². The molecule has 2 atom stereocenters. The highest BCUT2D eigenvalue weighted by atomic mass is 28.3. The maximum absolute atomic E-state index is 8.79. The summed E-state index contributed by atoms with van der Waals surface area (Å²) in [5.41, 5.74) is 2.89. The molecule has 1 saturated heterocycles. The first kappa shape index (κ1) is 9.78. The van der Waals surface area contributed by atoms with Crippen LogP contribution in [0.2, 0.25) is 19.6 Å². The van der Waals surface area contributed by atoms with E-state index >= 15 is 0 Å². The van der Waals surface area contributed by atoms with Crippen LogP contribution < -0.4 is 0 Å². The molecule has 1 N–H and O–H groups in total. The molecule has 0 aromatic heterocycles. The number of aliphatic hydroxyl groups excluding tert-OH is 1. The Morgan fingerprint density at radius 3 is 2.42 bits per heavy atom. The zero-order valence-corrected chi connectivity index (χ0v) is 9.14. The van der Waals surface area contributed by atoms with Gasteiger partial charge in [0.25, 0.3) is 0 Å². The minimum absolute atomic E-state index is 0.0543. The molecular formula is C9H16O2Si. The number of rotatable bonds is 1. The van der Waals surface area contributed by atoms with Gasteiger partial charge >= 0.3 is 0 Å². The first-order valence-corrected chi connectivity index (χ1v) is 7.70. The molecule has 1 rings (SSSR count). The average Bonchev–Trinajstić information content (AvgIpc) is 2.58. The van der Waals surface area contributed by atoms with Gasteiger partial charge in [0.2, 0.25) is 0 Å². The quantitative estimate of drug-likeness (QED) is 0.375. The Balaban J connectivity index is 2.57. The molecule has 68 valence electrons.